The van der Waals surface area contributed by atoms with E-state index in [-0.39, 0.29) is 12.0 Å². The number of piperidine rings is 1. The summed E-state index contributed by atoms with van der Waals surface area (Å²) >= 11 is 0. The summed E-state index contributed by atoms with van der Waals surface area (Å²) in [6.07, 6.45) is 9.74. The monoisotopic (exact) mass is 282 g/mol. The molecule has 1 saturated carbocycles. The third kappa shape index (κ3) is 3.95. The van der Waals surface area contributed by atoms with Crippen molar-refractivity contribution >= 4 is 5.97 Å². The molecule has 1 N–H and O–H groups in total. The molecular weight excluding hydrogens is 252 g/mol. The molecule has 0 aromatic carbocycles. The number of hydrogen-bond donors (Lipinski definition) is 1. The van der Waals surface area contributed by atoms with Crippen LogP contribution >= 0.6 is 0 Å². The first kappa shape index (κ1) is 15.8. The van der Waals surface area contributed by atoms with Gasteiger partial charge in [0.1, 0.15) is 6.04 Å². The van der Waals surface area contributed by atoms with E-state index in [0.717, 1.165) is 26.2 Å². The summed E-state index contributed by atoms with van der Waals surface area (Å²) in [5, 5.41) is 3.24. The second kappa shape index (κ2) is 7.41. The maximum Gasteiger partial charge on any atom is 0.324 e. The number of carbonyl (C=O) groups is 1. The maximum atomic E-state index is 11.8. The molecule has 4 heteroatoms. The van der Waals surface area contributed by atoms with E-state index in [0.29, 0.717) is 5.41 Å². The summed E-state index contributed by atoms with van der Waals surface area (Å²) in [6, 6.07) is -0.176. The smallest absolute Gasteiger partial charge is 0.324 e. The molecule has 1 aliphatic heterocycles. The Morgan fingerprint density at radius 1 is 1.20 bits per heavy atom. The molecule has 4 nitrogen and oxygen atoms in total. The van der Waals surface area contributed by atoms with Crippen LogP contribution in [0.2, 0.25) is 0 Å². The highest BCUT2D eigenvalue weighted by Crippen LogP contribution is 2.44. The van der Waals surface area contributed by atoms with E-state index in [1.165, 1.54) is 52.1 Å². The number of nitrogens with zero attached hydrogens (tertiary/aromatic N) is 1. The quantitative estimate of drug-likeness (QED) is 0.785. The van der Waals surface area contributed by atoms with Gasteiger partial charge in [-0.15, -0.1) is 0 Å². The van der Waals surface area contributed by atoms with Crippen molar-refractivity contribution in [2.24, 2.45) is 5.41 Å². The van der Waals surface area contributed by atoms with Gasteiger partial charge in [-0.3, -0.25) is 4.79 Å². The van der Waals surface area contributed by atoms with Crippen LogP contribution < -0.4 is 5.32 Å². The van der Waals surface area contributed by atoms with Crippen LogP contribution in [0.25, 0.3) is 0 Å². The number of carbonyl (C=O) groups excluding carboxylic acids is 1. The maximum absolute atomic E-state index is 11.8. The van der Waals surface area contributed by atoms with Crippen LogP contribution in [0.3, 0.4) is 0 Å². The van der Waals surface area contributed by atoms with Crippen LogP contribution in [0.1, 0.15) is 51.9 Å². The molecule has 1 saturated heterocycles. The Hall–Kier alpha value is -0.610. The van der Waals surface area contributed by atoms with Crippen LogP contribution in [-0.2, 0) is 9.53 Å². The average Bonchev–Trinajstić information content (AvgIpc) is 2.49. The van der Waals surface area contributed by atoms with E-state index in [1.807, 2.05) is 6.92 Å². The van der Waals surface area contributed by atoms with Gasteiger partial charge in [0, 0.05) is 6.54 Å². The number of likely N-dealkylation sites (N-methyl/N-ethyl adjacent to an activating group) is 1. The molecule has 2 rings (SSSR count). The standard InChI is InChI=1S/C16H30N2O2/c1-3-17-14(15(19)20-2)13-18-11-9-16(10-12-18)7-5-4-6-8-16/h14,17H,3-13H2,1-2H3. The molecule has 116 valence electrons. The highest BCUT2D eigenvalue weighted by Gasteiger charge is 2.36. The van der Waals surface area contributed by atoms with Crippen molar-refractivity contribution in [1.29, 1.82) is 0 Å². The number of nitrogens with one attached hydrogen (secondary N) is 1. The van der Waals surface area contributed by atoms with Crippen molar-refractivity contribution in [3.63, 3.8) is 0 Å². The largest absolute Gasteiger partial charge is 0.468 e. The molecule has 20 heavy (non-hydrogen) atoms. The topological polar surface area (TPSA) is 41.6 Å². The Labute approximate surface area is 123 Å². The minimum atomic E-state index is -0.176. The molecule has 2 aliphatic rings. The molecule has 0 radical (unpaired) electrons. The van der Waals surface area contributed by atoms with Gasteiger partial charge in [0.15, 0.2) is 0 Å². The van der Waals surface area contributed by atoms with Crippen molar-refractivity contribution in [2.45, 2.75) is 57.9 Å². The normalized spacial score (nSPS) is 24.5. The lowest BCUT2D eigenvalue weighted by molar-refractivity contribution is -0.143. The number of likely N-dealkylation sites (tertiary alicyclic amines) is 1. The number of rotatable bonds is 5. The first-order valence-electron chi connectivity index (χ1n) is 8.23. The highest BCUT2D eigenvalue weighted by atomic mass is 16.5. The van der Waals surface area contributed by atoms with Crippen molar-refractivity contribution in [1.82, 2.24) is 10.2 Å². The van der Waals surface area contributed by atoms with Gasteiger partial charge in [-0.2, -0.15) is 0 Å². The number of esters is 1. The summed E-state index contributed by atoms with van der Waals surface area (Å²) in [6.45, 7) is 5.90. The van der Waals surface area contributed by atoms with Crippen LogP contribution in [0.5, 0.6) is 0 Å². The molecule has 0 aromatic heterocycles. The van der Waals surface area contributed by atoms with Crippen LogP contribution in [0.15, 0.2) is 0 Å². The second-order valence-electron chi connectivity index (χ2n) is 6.49. The predicted molar refractivity (Wildman–Crippen MR) is 80.7 cm³/mol. The van der Waals surface area contributed by atoms with E-state index in [1.54, 1.807) is 0 Å². The van der Waals surface area contributed by atoms with Crippen LogP contribution in [0, 0.1) is 5.41 Å². The van der Waals surface area contributed by atoms with Gasteiger partial charge in [0.2, 0.25) is 0 Å². The molecule has 0 aromatic rings. The fourth-order valence-corrected chi connectivity index (χ4v) is 3.88. The molecule has 1 atom stereocenters. The lowest BCUT2D eigenvalue weighted by Crippen LogP contribution is -2.50. The summed E-state index contributed by atoms with van der Waals surface area (Å²) < 4.78 is 4.89. The fraction of sp³-hybridized carbons (Fsp3) is 0.938. The highest BCUT2D eigenvalue weighted by molar-refractivity contribution is 5.75. The number of hydrogen-bond acceptors (Lipinski definition) is 4. The molecule has 2 fully saturated rings. The van der Waals surface area contributed by atoms with Crippen LogP contribution in [0.4, 0.5) is 0 Å². The van der Waals surface area contributed by atoms with Gasteiger partial charge in [0.05, 0.1) is 7.11 Å². The molecule has 0 amide bonds. The Kier molecular flexibility index (Phi) is 5.85. The molecule has 1 heterocycles. The van der Waals surface area contributed by atoms with Crippen molar-refractivity contribution in [3.8, 4) is 0 Å². The molecule has 0 bridgehead atoms. The van der Waals surface area contributed by atoms with Gasteiger partial charge in [-0.1, -0.05) is 26.2 Å². The second-order valence-corrected chi connectivity index (χ2v) is 6.49. The van der Waals surface area contributed by atoms with Gasteiger partial charge in [-0.25, -0.2) is 0 Å². The average molecular weight is 282 g/mol. The van der Waals surface area contributed by atoms with Gasteiger partial charge in [-0.05, 0) is 50.7 Å². The zero-order valence-corrected chi connectivity index (χ0v) is 13.1. The Bertz CT molecular complexity index is 304. The summed E-state index contributed by atoms with van der Waals surface area (Å²) in [7, 11) is 1.47. The zero-order chi connectivity index (χ0) is 14.4. The van der Waals surface area contributed by atoms with Crippen molar-refractivity contribution in [3.05, 3.63) is 0 Å². The van der Waals surface area contributed by atoms with Crippen molar-refractivity contribution < 1.29 is 9.53 Å². The fourth-order valence-electron chi connectivity index (χ4n) is 3.88. The Morgan fingerprint density at radius 2 is 1.85 bits per heavy atom. The number of methoxy groups -OCH3 is 1. The zero-order valence-electron chi connectivity index (χ0n) is 13.1. The van der Waals surface area contributed by atoms with Gasteiger partial charge >= 0.3 is 5.97 Å². The third-order valence-corrected chi connectivity index (χ3v) is 5.21. The van der Waals surface area contributed by atoms with E-state index in [2.05, 4.69) is 10.2 Å². The molecule has 1 spiro atoms. The van der Waals surface area contributed by atoms with E-state index >= 15 is 0 Å². The predicted octanol–water partition coefficient (Wildman–Crippen LogP) is 2.18. The Morgan fingerprint density at radius 3 is 2.40 bits per heavy atom. The first-order chi connectivity index (χ1) is 9.69. The van der Waals surface area contributed by atoms with E-state index in [4.69, 9.17) is 4.74 Å². The third-order valence-electron chi connectivity index (χ3n) is 5.21. The lowest BCUT2D eigenvalue weighted by Gasteiger charge is -2.44. The SMILES string of the molecule is CCNC(CN1CCC2(CCCCC2)CC1)C(=O)OC. The first-order valence-corrected chi connectivity index (χ1v) is 8.23. The lowest BCUT2D eigenvalue weighted by atomic mass is 9.68. The van der Waals surface area contributed by atoms with E-state index < -0.39 is 0 Å². The number of ether oxygens (including phenoxy) is 1. The van der Waals surface area contributed by atoms with E-state index in [9.17, 15) is 4.79 Å². The summed E-state index contributed by atoms with van der Waals surface area (Å²) in [5.74, 6) is -0.134. The van der Waals surface area contributed by atoms with Crippen LogP contribution in [-0.4, -0.2) is 50.2 Å². The minimum absolute atomic E-state index is 0.134. The molecular formula is C16H30N2O2. The summed E-state index contributed by atoms with van der Waals surface area (Å²) in [5.41, 5.74) is 0.633. The molecule has 1 unspecified atom stereocenters. The van der Waals surface area contributed by atoms with Gasteiger partial charge < -0.3 is 15.0 Å². The Balaban J connectivity index is 1.81. The minimum Gasteiger partial charge on any atom is -0.468 e. The summed E-state index contributed by atoms with van der Waals surface area (Å²) in [4.78, 5) is 14.2. The van der Waals surface area contributed by atoms with Gasteiger partial charge in [0.25, 0.3) is 0 Å². The van der Waals surface area contributed by atoms with Crippen molar-refractivity contribution in [2.75, 3.05) is 33.3 Å². The molecule has 1 aliphatic carbocycles.